The predicted octanol–water partition coefficient (Wildman–Crippen LogP) is 2.22. The maximum absolute atomic E-state index is 12.2. The van der Waals surface area contributed by atoms with E-state index in [-0.39, 0.29) is 36.5 Å². The van der Waals surface area contributed by atoms with Crippen molar-refractivity contribution in [1.82, 2.24) is 4.90 Å². The number of carbonyl (C=O) groups is 2. The Labute approximate surface area is 210 Å². The van der Waals surface area contributed by atoms with Crippen LogP contribution in [0.15, 0.2) is 11.6 Å². The van der Waals surface area contributed by atoms with Gasteiger partial charge in [0.2, 0.25) is 0 Å². The molecule has 2 aliphatic heterocycles. The number of fused-ring (bicyclic) bond motifs is 1. The number of phenolic OH excluding ortho intramolecular Hbond substituents is 1. The number of morpholine rings is 1. The number of allylic oxidation sites excluding steroid dienone is 2. The fraction of sp³-hybridized carbons (Fsp3) is 0.565. The van der Waals surface area contributed by atoms with Crippen LogP contribution in [0.25, 0.3) is 0 Å². The van der Waals surface area contributed by atoms with Crippen molar-refractivity contribution in [1.29, 1.82) is 0 Å². The highest BCUT2D eigenvalue weighted by atomic mass is 32.3. The second-order valence-corrected chi connectivity index (χ2v) is 9.25. The molecule has 0 amide bonds. The summed E-state index contributed by atoms with van der Waals surface area (Å²) >= 11 is 0. The summed E-state index contributed by atoms with van der Waals surface area (Å²) in [6.45, 7) is 8.62. The van der Waals surface area contributed by atoms with Gasteiger partial charge in [-0.05, 0) is 39.2 Å². The number of ether oxygens (including phenoxy) is 4. The Morgan fingerprint density at radius 1 is 1.22 bits per heavy atom. The van der Waals surface area contributed by atoms with Crippen molar-refractivity contribution in [2.24, 2.45) is 0 Å². The van der Waals surface area contributed by atoms with Crippen LogP contribution in [0.3, 0.4) is 0 Å². The number of esters is 2. The van der Waals surface area contributed by atoms with Crippen molar-refractivity contribution in [2.45, 2.75) is 52.9 Å². The topological polar surface area (TPSA) is 169 Å². The highest BCUT2D eigenvalue weighted by Crippen LogP contribution is 2.42. The molecule has 3 rings (SSSR count). The SMILES string of the molecule is COc1c(C)c2c(c(O)c1CC=C(C)CCC(=O)OC(C)N1CCOCC1)C(=O)OC2.O=S(=O)(O)O. The van der Waals surface area contributed by atoms with Gasteiger partial charge in [-0.15, -0.1) is 0 Å². The van der Waals surface area contributed by atoms with Crippen molar-refractivity contribution in [2.75, 3.05) is 33.4 Å². The summed E-state index contributed by atoms with van der Waals surface area (Å²) in [5.74, 6) is -0.305. The van der Waals surface area contributed by atoms with Crippen LogP contribution in [0.4, 0.5) is 0 Å². The van der Waals surface area contributed by atoms with Crippen LogP contribution in [0.2, 0.25) is 0 Å². The standard InChI is InChI=1S/C23H31NO7.H2O4S/c1-14(6-8-19(25)31-16(3)24-9-11-29-12-10-24)5-7-17-21(26)20-18(13-30-23(20)27)15(2)22(17)28-4;1-5(2,3)4/h5,16,26H,6-13H2,1-4H3;(H2,1,2,3,4). The number of rotatable bonds is 8. The van der Waals surface area contributed by atoms with Gasteiger partial charge >= 0.3 is 22.3 Å². The third-order valence-electron chi connectivity index (χ3n) is 5.89. The first-order valence-corrected chi connectivity index (χ1v) is 12.7. The molecule has 3 N–H and O–H groups in total. The van der Waals surface area contributed by atoms with Gasteiger partial charge in [0.05, 0.1) is 20.3 Å². The van der Waals surface area contributed by atoms with Gasteiger partial charge in [-0.1, -0.05) is 11.6 Å². The third-order valence-corrected chi connectivity index (χ3v) is 5.89. The molecule has 1 atom stereocenters. The molecule has 2 heterocycles. The summed E-state index contributed by atoms with van der Waals surface area (Å²) in [5, 5.41) is 10.7. The number of hydrogen-bond donors (Lipinski definition) is 3. The van der Waals surface area contributed by atoms with E-state index in [1.54, 1.807) is 0 Å². The van der Waals surface area contributed by atoms with Gasteiger partial charge in [0.15, 0.2) is 6.23 Å². The van der Waals surface area contributed by atoms with E-state index in [9.17, 15) is 14.7 Å². The molecule has 1 unspecified atom stereocenters. The quantitative estimate of drug-likeness (QED) is 0.254. The van der Waals surface area contributed by atoms with Crippen molar-refractivity contribution in [3.8, 4) is 11.5 Å². The normalized spacial score (nSPS) is 16.9. The van der Waals surface area contributed by atoms with Crippen LogP contribution < -0.4 is 4.74 Å². The zero-order valence-electron chi connectivity index (χ0n) is 20.8. The van der Waals surface area contributed by atoms with Gasteiger partial charge in [0.1, 0.15) is 23.7 Å². The third kappa shape index (κ3) is 8.45. The van der Waals surface area contributed by atoms with Crippen molar-refractivity contribution < 1.29 is 51.2 Å². The molecular formula is C23H33NO11S. The van der Waals surface area contributed by atoms with Gasteiger partial charge < -0.3 is 24.1 Å². The Balaban J connectivity index is 0.000000830. The molecule has 0 aromatic heterocycles. The van der Waals surface area contributed by atoms with E-state index in [0.29, 0.717) is 42.9 Å². The van der Waals surface area contributed by atoms with Crippen LogP contribution in [0.1, 0.15) is 53.7 Å². The maximum Gasteiger partial charge on any atom is 0.394 e. The zero-order chi connectivity index (χ0) is 27.0. The molecule has 202 valence electrons. The second kappa shape index (κ2) is 13.0. The predicted molar refractivity (Wildman–Crippen MR) is 127 cm³/mol. The summed E-state index contributed by atoms with van der Waals surface area (Å²) in [7, 11) is -3.13. The minimum atomic E-state index is -4.67. The smallest absolute Gasteiger partial charge is 0.394 e. The Hall–Kier alpha value is -2.71. The average molecular weight is 532 g/mol. The Kier molecular flexibility index (Phi) is 10.7. The molecule has 1 saturated heterocycles. The van der Waals surface area contributed by atoms with Crippen LogP contribution in [-0.4, -0.2) is 79.1 Å². The van der Waals surface area contributed by atoms with Gasteiger partial charge in [0, 0.05) is 30.6 Å². The number of nitrogens with zero attached hydrogens (tertiary/aromatic N) is 1. The Bertz CT molecular complexity index is 1080. The van der Waals surface area contributed by atoms with E-state index in [1.807, 2.05) is 26.8 Å². The number of aromatic hydroxyl groups is 1. The molecule has 1 aromatic carbocycles. The van der Waals surface area contributed by atoms with E-state index in [2.05, 4.69) is 4.90 Å². The Morgan fingerprint density at radius 2 is 1.83 bits per heavy atom. The molecule has 2 aliphatic rings. The summed E-state index contributed by atoms with van der Waals surface area (Å²) < 4.78 is 53.0. The number of hydrogen-bond acceptors (Lipinski definition) is 10. The molecule has 0 aliphatic carbocycles. The number of benzene rings is 1. The summed E-state index contributed by atoms with van der Waals surface area (Å²) in [6.07, 6.45) is 2.86. The lowest BCUT2D eigenvalue weighted by Crippen LogP contribution is -2.44. The van der Waals surface area contributed by atoms with Crippen molar-refractivity contribution >= 4 is 22.3 Å². The first-order valence-electron chi connectivity index (χ1n) is 11.3. The van der Waals surface area contributed by atoms with Gasteiger partial charge in [0.25, 0.3) is 0 Å². The molecule has 1 fully saturated rings. The van der Waals surface area contributed by atoms with Gasteiger partial charge in [-0.3, -0.25) is 18.8 Å². The number of cyclic esters (lactones) is 1. The monoisotopic (exact) mass is 531 g/mol. The van der Waals surface area contributed by atoms with E-state index < -0.39 is 16.4 Å². The lowest BCUT2D eigenvalue weighted by Gasteiger charge is -2.31. The summed E-state index contributed by atoms with van der Waals surface area (Å²) in [4.78, 5) is 26.3. The van der Waals surface area contributed by atoms with E-state index in [4.69, 9.17) is 36.5 Å². The first-order chi connectivity index (χ1) is 16.8. The van der Waals surface area contributed by atoms with Crippen LogP contribution in [0, 0.1) is 6.92 Å². The number of carbonyl (C=O) groups excluding carboxylic acids is 2. The molecular weight excluding hydrogens is 498 g/mol. The lowest BCUT2D eigenvalue weighted by molar-refractivity contribution is -0.161. The fourth-order valence-electron chi connectivity index (χ4n) is 3.97. The summed E-state index contributed by atoms with van der Waals surface area (Å²) in [5.41, 5.74) is 3.21. The van der Waals surface area contributed by atoms with Gasteiger partial charge in [-0.25, -0.2) is 4.79 Å². The van der Waals surface area contributed by atoms with Crippen LogP contribution in [0.5, 0.6) is 11.5 Å². The first kappa shape index (κ1) is 29.5. The zero-order valence-corrected chi connectivity index (χ0v) is 21.6. The maximum atomic E-state index is 12.2. The highest BCUT2D eigenvalue weighted by molar-refractivity contribution is 7.79. The van der Waals surface area contributed by atoms with Crippen LogP contribution >= 0.6 is 0 Å². The largest absolute Gasteiger partial charge is 0.507 e. The molecule has 12 nitrogen and oxygen atoms in total. The summed E-state index contributed by atoms with van der Waals surface area (Å²) in [6, 6.07) is 0. The van der Waals surface area contributed by atoms with Crippen molar-refractivity contribution in [3.63, 3.8) is 0 Å². The number of phenols is 1. The number of methoxy groups -OCH3 is 1. The average Bonchev–Trinajstić information content (AvgIpc) is 3.20. The molecule has 13 heteroatoms. The molecule has 36 heavy (non-hydrogen) atoms. The second-order valence-electron chi connectivity index (χ2n) is 8.36. The minimum Gasteiger partial charge on any atom is -0.507 e. The fourth-order valence-corrected chi connectivity index (χ4v) is 3.97. The van der Waals surface area contributed by atoms with Crippen LogP contribution in [-0.2, 0) is 42.4 Å². The Morgan fingerprint density at radius 3 is 2.42 bits per heavy atom. The van der Waals surface area contributed by atoms with E-state index in [0.717, 1.165) is 24.2 Å². The molecule has 0 radical (unpaired) electrons. The molecule has 0 spiro atoms. The van der Waals surface area contributed by atoms with E-state index >= 15 is 0 Å². The highest BCUT2D eigenvalue weighted by Gasteiger charge is 2.31. The van der Waals surface area contributed by atoms with Gasteiger partial charge in [-0.2, -0.15) is 8.42 Å². The minimum absolute atomic E-state index is 0.0947. The molecule has 0 bridgehead atoms. The molecule has 0 saturated carbocycles. The lowest BCUT2D eigenvalue weighted by atomic mass is 9.94. The van der Waals surface area contributed by atoms with Crippen molar-refractivity contribution in [3.05, 3.63) is 33.9 Å². The van der Waals surface area contributed by atoms with E-state index in [1.165, 1.54) is 7.11 Å². The molecule has 1 aromatic rings.